The van der Waals surface area contributed by atoms with Gasteiger partial charge in [-0.25, -0.2) is 0 Å². The van der Waals surface area contributed by atoms with E-state index in [4.69, 9.17) is 0 Å². The predicted molar refractivity (Wildman–Crippen MR) is 164 cm³/mol. The maximum Gasteiger partial charge on any atom is 0.398 e. The molecule has 6 rings (SSSR count). The van der Waals surface area contributed by atoms with E-state index in [0.29, 0.717) is 23.5 Å². The number of para-hydroxylation sites is 1. The maximum absolute atomic E-state index is 14.7. The number of hydrogen-bond acceptors (Lipinski definition) is 3. The fourth-order valence-corrected chi connectivity index (χ4v) is 6.78. The SMILES string of the molecule is CN1CCC(N(C)C(=O)c2ccc3n2Cc2ccccc2N(C(=O)C2=CC(C)(C(F)(F)F)C(c4ccccc4)C=C2)C3)CC1. The molecule has 0 saturated carbocycles. The summed E-state index contributed by atoms with van der Waals surface area (Å²) in [6, 6.07) is 19.8. The number of halogens is 3. The molecular formula is C35H37F3N4O2. The van der Waals surface area contributed by atoms with E-state index in [-0.39, 0.29) is 24.1 Å². The van der Waals surface area contributed by atoms with Crippen LogP contribution in [0.2, 0.25) is 0 Å². The second-order valence-electron chi connectivity index (χ2n) is 12.4. The molecule has 44 heavy (non-hydrogen) atoms. The molecule has 0 bridgehead atoms. The number of piperidine rings is 1. The number of anilines is 1. The Balaban J connectivity index is 1.34. The summed E-state index contributed by atoms with van der Waals surface area (Å²) in [6.45, 7) is 3.51. The molecular weight excluding hydrogens is 565 g/mol. The van der Waals surface area contributed by atoms with Gasteiger partial charge in [-0.3, -0.25) is 9.59 Å². The Morgan fingerprint density at radius 2 is 1.61 bits per heavy atom. The molecule has 2 amide bonds. The molecule has 1 fully saturated rings. The van der Waals surface area contributed by atoms with E-state index in [1.165, 1.54) is 12.2 Å². The van der Waals surface area contributed by atoms with Crippen molar-refractivity contribution in [3.63, 3.8) is 0 Å². The summed E-state index contributed by atoms with van der Waals surface area (Å²) in [5.41, 5.74) is 0.965. The van der Waals surface area contributed by atoms with Crippen molar-refractivity contribution in [1.29, 1.82) is 0 Å². The van der Waals surface area contributed by atoms with Crippen molar-refractivity contribution >= 4 is 17.5 Å². The standard InChI is InChI=1S/C35H37F3N4O2/c1-34(35(36,37)38)21-25(13-15-29(34)24-9-5-4-6-10-24)32(43)42-23-28-14-16-31(41(28)22-26-11-7-8-12-30(26)42)33(44)40(3)27-17-19-39(2)20-18-27/h4-16,21,27,29H,17-20,22-23H2,1-3H3. The highest BCUT2D eigenvalue weighted by molar-refractivity contribution is 6.08. The van der Waals surface area contributed by atoms with Crippen molar-refractivity contribution in [1.82, 2.24) is 14.4 Å². The molecule has 2 atom stereocenters. The predicted octanol–water partition coefficient (Wildman–Crippen LogP) is 6.40. The number of nitrogens with zero attached hydrogens (tertiary/aromatic N) is 4. The molecule has 2 aliphatic heterocycles. The smallest absolute Gasteiger partial charge is 0.337 e. The number of aromatic nitrogens is 1. The highest BCUT2D eigenvalue weighted by Crippen LogP contribution is 2.53. The molecule has 1 aromatic heterocycles. The van der Waals surface area contributed by atoms with Crippen LogP contribution < -0.4 is 4.90 Å². The Kier molecular flexibility index (Phi) is 7.78. The van der Waals surface area contributed by atoms with Gasteiger partial charge in [0.15, 0.2) is 0 Å². The lowest BCUT2D eigenvalue weighted by molar-refractivity contribution is -0.204. The molecule has 9 heteroatoms. The highest BCUT2D eigenvalue weighted by atomic mass is 19.4. The number of rotatable bonds is 4. The molecule has 230 valence electrons. The number of carbonyl (C=O) groups excluding carboxylic acids is 2. The molecule has 3 aromatic rings. The van der Waals surface area contributed by atoms with Gasteiger partial charge in [0, 0.05) is 36.0 Å². The first-order chi connectivity index (χ1) is 21.0. The van der Waals surface area contributed by atoms with Crippen LogP contribution in [0.15, 0.2) is 90.5 Å². The zero-order valence-electron chi connectivity index (χ0n) is 25.2. The topological polar surface area (TPSA) is 48.8 Å². The molecule has 1 saturated heterocycles. The molecule has 6 nitrogen and oxygen atoms in total. The molecule has 0 radical (unpaired) electrons. The van der Waals surface area contributed by atoms with Gasteiger partial charge in [-0.1, -0.05) is 66.8 Å². The van der Waals surface area contributed by atoms with Crippen LogP contribution in [0, 0.1) is 5.41 Å². The van der Waals surface area contributed by atoms with Crippen molar-refractivity contribution in [2.45, 2.75) is 51.0 Å². The average Bonchev–Trinajstić information content (AvgIpc) is 3.33. The second-order valence-corrected chi connectivity index (χ2v) is 12.4. The number of fused-ring (bicyclic) bond motifs is 2. The van der Waals surface area contributed by atoms with Gasteiger partial charge in [0.05, 0.1) is 18.5 Å². The summed E-state index contributed by atoms with van der Waals surface area (Å²) in [6.07, 6.45) is 1.32. The number of benzene rings is 2. The third-order valence-corrected chi connectivity index (χ3v) is 9.61. The number of likely N-dealkylation sites (tertiary alicyclic amines) is 1. The summed E-state index contributed by atoms with van der Waals surface area (Å²) in [4.78, 5) is 33.5. The van der Waals surface area contributed by atoms with Crippen LogP contribution >= 0.6 is 0 Å². The lowest BCUT2D eigenvalue weighted by Crippen LogP contribution is -2.45. The van der Waals surface area contributed by atoms with Gasteiger partial charge in [-0.2, -0.15) is 13.2 Å². The van der Waals surface area contributed by atoms with Crippen LogP contribution in [-0.4, -0.2) is 65.6 Å². The average molecular weight is 603 g/mol. The molecule has 2 aromatic carbocycles. The van der Waals surface area contributed by atoms with Gasteiger partial charge in [0.1, 0.15) is 5.69 Å². The van der Waals surface area contributed by atoms with Crippen molar-refractivity contribution < 1.29 is 22.8 Å². The lowest BCUT2D eigenvalue weighted by Gasteiger charge is -2.38. The maximum atomic E-state index is 14.7. The van der Waals surface area contributed by atoms with E-state index in [0.717, 1.165) is 50.2 Å². The molecule has 2 unspecified atom stereocenters. The first kappa shape index (κ1) is 29.9. The lowest BCUT2D eigenvalue weighted by atomic mass is 9.69. The van der Waals surface area contributed by atoms with E-state index >= 15 is 0 Å². The number of carbonyl (C=O) groups is 2. The van der Waals surface area contributed by atoms with Gasteiger partial charge >= 0.3 is 6.18 Å². The normalized spacial score (nSPS) is 22.5. The Morgan fingerprint density at radius 1 is 0.932 bits per heavy atom. The third kappa shape index (κ3) is 5.27. The Hall–Kier alpha value is -4.11. The van der Waals surface area contributed by atoms with Gasteiger partial charge < -0.3 is 19.3 Å². The Bertz CT molecular complexity index is 1620. The molecule has 3 heterocycles. The molecule has 3 aliphatic rings. The van der Waals surface area contributed by atoms with Crippen molar-refractivity contribution in [3.05, 3.63) is 113 Å². The third-order valence-electron chi connectivity index (χ3n) is 9.61. The van der Waals surface area contributed by atoms with E-state index in [9.17, 15) is 22.8 Å². The van der Waals surface area contributed by atoms with Crippen LogP contribution in [0.3, 0.4) is 0 Å². The number of alkyl halides is 3. The summed E-state index contributed by atoms with van der Waals surface area (Å²) in [5, 5.41) is 0. The van der Waals surface area contributed by atoms with Crippen molar-refractivity contribution in [2.24, 2.45) is 5.41 Å². The van der Waals surface area contributed by atoms with Crippen LogP contribution in [0.1, 0.15) is 53.0 Å². The first-order valence-corrected chi connectivity index (χ1v) is 15.0. The molecule has 1 aliphatic carbocycles. The zero-order chi connectivity index (χ0) is 31.2. The van der Waals surface area contributed by atoms with Gasteiger partial charge in [-0.15, -0.1) is 0 Å². The largest absolute Gasteiger partial charge is 0.398 e. The molecule has 0 spiro atoms. The van der Waals surface area contributed by atoms with E-state index in [2.05, 4.69) is 11.9 Å². The Labute approximate surface area is 256 Å². The van der Waals surface area contributed by atoms with Gasteiger partial charge in [0.25, 0.3) is 11.8 Å². The Morgan fingerprint density at radius 3 is 2.32 bits per heavy atom. The summed E-state index contributed by atoms with van der Waals surface area (Å²) in [5.74, 6) is -1.56. The minimum Gasteiger partial charge on any atom is -0.337 e. The fraction of sp³-hybridized carbons (Fsp3) is 0.371. The van der Waals surface area contributed by atoms with E-state index in [1.54, 1.807) is 41.3 Å². The first-order valence-electron chi connectivity index (χ1n) is 15.0. The summed E-state index contributed by atoms with van der Waals surface area (Å²) < 4.78 is 46.0. The van der Waals surface area contributed by atoms with Crippen molar-refractivity contribution in [3.8, 4) is 0 Å². The number of hydrogen-bond donors (Lipinski definition) is 0. The number of allylic oxidation sites excluding steroid dienone is 2. The van der Waals surface area contributed by atoms with Crippen LogP contribution in [0.25, 0.3) is 0 Å². The quantitative estimate of drug-likeness (QED) is 0.348. The molecule has 0 N–H and O–H groups in total. The highest BCUT2D eigenvalue weighted by Gasteiger charge is 2.55. The fourth-order valence-electron chi connectivity index (χ4n) is 6.78. The van der Waals surface area contributed by atoms with Crippen molar-refractivity contribution in [2.75, 3.05) is 32.1 Å². The summed E-state index contributed by atoms with van der Waals surface area (Å²) >= 11 is 0. The van der Waals surface area contributed by atoms with Crippen LogP contribution in [0.4, 0.5) is 18.9 Å². The minimum absolute atomic E-state index is 0.00915. The van der Waals surface area contributed by atoms with Crippen LogP contribution in [0.5, 0.6) is 0 Å². The van der Waals surface area contributed by atoms with Gasteiger partial charge in [-0.05, 0) is 69.2 Å². The minimum atomic E-state index is -4.59. The summed E-state index contributed by atoms with van der Waals surface area (Å²) in [7, 11) is 3.93. The van der Waals surface area contributed by atoms with Gasteiger partial charge in [0.2, 0.25) is 0 Å². The van der Waals surface area contributed by atoms with Crippen LogP contribution in [-0.2, 0) is 17.9 Å². The second kappa shape index (κ2) is 11.4. The number of amides is 2. The monoisotopic (exact) mass is 602 g/mol. The van der Waals surface area contributed by atoms with E-state index in [1.807, 2.05) is 46.8 Å². The zero-order valence-corrected chi connectivity index (χ0v) is 25.2. The van der Waals surface area contributed by atoms with E-state index < -0.39 is 23.4 Å².